The van der Waals surface area contributed by atoms with Crippen LogP contribution in [0.25, 0.3) is 0 Å². The smallest absolute Gasteiger partial charge is 0.249 e. The first-order chi connectivity index (χ1) is 18.3. The van der Waals surface area contributed by atoms with E-state index in [-0.39, 0.29) is 36.3 Å². The molecule has 0 aromatic heterocycles. The van der Waals surface area contributed by atoms with E-state index in [0.717, 1.165) is 12.1 Å². The number of β-amino-alcohol motifs (C(OH)–C–C–N with tert-alkyl or cyclic N) is 1. The molecule has 0 bridgehead atoms. The van der Waals surface area contributed by atoms with E-state index in [1.807, 2.05) is 66.5 Å². The number of fused-ring (bicyclic) bond motifs is 2. The Morgan fingerprint density at radius 1 is 0.923 bits per heavy atom. The summed E-state index contributed by atoms with van der Waals surface area (Å²) in [5, 5.41) is 9.94. The molecule has 1 N–H and O–H groups in total. The molecular formula is C31H41N3O5. The van der Waals surface area contributed by atoms with Crippen LogP contribution in [0.4, 0.5) is 5.69 Å². The van der Waals surface area contributed by atoms with Gasteiger partial charge in [0.15, 0.2) is 0 Å². The van der Waals surface area contributed by atoms with E-state index in [1.165, 1.54) is 4.90 Å². The average Bonchev–Trinajstić information content (AvgIpc) is 3.09. The molecular weight excluding hydrogens is 494 g/mol. The Kier molecular flexibility index (Phi) is 6.58. The van der Waals surface area contributed by atoms with Crippen LogP contribution in [0.5, 0.6) is 0 Å². The van der Waals surface area contributed by atoms with Crippen LogP contribution in [0.3, 0.4) is 0 Å². The number of carbonyl (C=O) groups excluding carboxylic acids is 3. The molecule has 4 heterocycles. The second kappa shape index (κ2) is 9.30. The number of para-hydroxylation sites is 1. The van der Waals surface area contributed by atoms with Crippen LogP contribution in [-0.4, -0.2) is 81.7 Å². The lowest BCUT2D eigenvalue weighted by Gasteiger charge is -2.44. The lowest BCUT2D eigenvalue weighted by molar-refractivity contribution is -0.155. The summed E-state index contributed by atoms with van der Waals surface area (Å²) in [7, 11) is 0. The van der Waals surface area contributed by atoms with E-state index in [0.29, 0.717) is 13.1 Å². The van der Waals surface area contributed by atoms with Gasteiger partial charge in [0.05, 0.1) is 24.0 Å². The molecule has 210 valence electrons. The average molecular weight is 536 g/mol. The summed E-state index contributed by atoms with van der Waals surface area (Å²) in [5.41, 5.74) is -2.18. The minimum Gasteiger partial charge on any atom is -0.395 e. The molecule has 39 heavy (non-hydrogen) atoms. The monoisotopic (exact) mass is 535 g/mol. The number of amides is 3. The number of likely N-dealkylation sites (tertiary alicyclic amines) is 1. The number of hydrogen-bond donors (Lipinski definition) is 1. The van der Waals surface area contributed by atoms with E-state index < -0.39 is 34.6 Å². The highest BCUT2D eigenvalue weighted by Gasteiger charge is 2.75. The molecule has 0 saturated carbocycles. The first kappa shape index (κ1) is 27.6. The van der Waals surface area contributed by atoms with Crippen molar-refractivity contribution in [1.29, 1.82) is 0 Å². The molecule has 1 aromatic rings. The Labute approximate surface area is 231 Å². The number of rotatable bonds is 5. The van der Waals surface area contributed by atoms with Crippen molar-refractivity contribution in [3.8, 4) is 0 Å². The van der Waals surface area contributed by atoms with Crippen LogP contribution in [-0.2, 0) is 19.1 Å². The molecule has 4 aliphatic rings. The second-order valence-corrected chi connectivity index (χ2v) is 13.3. The Morgan fingerprint density at radius 3 is 2.23 bits per heavy atom. The maximum Gasteiger partial charge on any atom is 0.249 e. The Balaban J connectivity index is 1.61. The van der Waals surface area contributed by atoms with Gasteiger partial charge in [-0.25, -0.2) is 0 Å². The van der Waals surface area contributed by atoms with Gasteiger partial charge < -0.3 is 24.5 Å². The van der Waals surface area contributed by atoms with E-state index >= 15 is 0 Å². The fourth-order valence-electron chi connectivity index (χ4n) is 7.65. The molecule has 8 heteroatoms. The van der Waals surface area contributed by atoms with Crippen LogP contribution < -0.4 is 4.90 Å². The van der Waals surface area contributed by atoms with Gasteiger partial charge in [-0.1, -0.05) is 63.3 Å². The third kappa shape index (κ3) is 4.32. The highest BCUT2D eigenvalue weighted by Crippen LogP contribution is 2.58. The zero-order valence-corrected chi connectivity index (χ0v) is 23.9. The Bertz CT molecular complexity index is 1220. The highest BCUT2D eigenvalue weighted by molar-refractivity contribution is 6.04. The maximum absolute atomic E-state index is 14.5. The number of aliphatic hydroxyl groups excluding tert-OH is 1. The number of carbonyl (C=O) groups is 3. The van der Waals surface area contributed by atoms with Gasteiger partial charge >= 0.3 is 0 Å². The minimum atomic E-state index is -1.32. The number of ether oxygens (including phenoxy) is 1. The van der Waals surface area contributed by atoms with Crippen molar-refractivity contribution in [3.63, 3.8) is 0 Å². The molecule has 2 saturated heterocycles. The van der Waals surface area contributed by atoms with Crippen molar-refractivity contribution in [2.45, 2.75) is 70.7 Å². The zero-order chi connectivity index (χ0) is 28.4. The molecule has 1 spiro atoms. The summed E-state index contributed by atoms with van der Waals surface area (Å²) in [4.78, 5) is 48.0. The normalized spacial score (nSPS) is 32.7. The van der Waals surface area contributed by atoms with Crippen molar-refractivity contribution < 1.29 is 24.2 Å². The summed E-state index contributed by atoms with van der Waals surface area (Å²) in [5.74, 6) is -2.47. The van der Waals surface area contributed by atoms with Gasteiger partial charge in [0.1, 0.15) is 11.6 Å². The van der Waals surface area contributed by atoms with Crippen molar-refractivity contribution in [2.75, 3.05) is 31.1 Å². The molecule has 0 aliphatic carbocycles. The van der Waals surface area contributed by atoms with Crippen LogP contribution in [0.15, 0.2) is 54.6 Å². The van der Waals surface area contributed by atoms with E-state index in [2.05, 4.69) is 34.6 Å². The summed E-state index contributed by atoms with van der Waals surface area (Å²) >= 11 is 0. The maximum atomic E-state index is 14.5. The van der Waals surface area contributed by atoms with Gasteiger partial charge in [-0.2, -0.15) is 0 Å². The van der Waals surface area contributed by atoms with E-state index in [9.17, 15) is 19.5 Å². The predicted octanol–water partition coefficient (Wildman–Crippen LogP) is 3.17. The second-order valence-electron chi connectivity index (χ2n) is 13.3. The van der Waals surface area contributed by atoms with Crippen molar-refractivity contribution in [1.82, 2.24) is 9.80 Å². The molecule has 4 aliphatic heterocycles. The molecule has 8 nitrogen and oxygen atoms in total. The van der Waals surface area contributed by atoms with Crippen molar-refractivity contribution >= 4 is 23.4 Å². The fourth-order valence-corrected chi connectivity index (χ4v) is 7.65. The van der Waals surface area contributed by atoms with Crippen molar-refractivity contribution in [2.24, 2.45) is 17.3 Å². The van der Waals surface area contributed by atoms with Gasteiger partial charge in [0, 0.05) is 30.9 Å². The standard InChI is InChI=1S/C31H41N3O5/c1-28(2,3)20-29(4,5)34-17-11-15-31-23(26(37)33(18-19-35)24(31)27(34)38)22-25(36)32(21-12-8-7-9-13-21)16-10-14-30(22,6)39-31/h7-15,22-24,35H,16-20H2,1-6H3/t22-,23-,24?,30+,31-/m0/s1. The molecule has 5 atom stereocenters. The number of aliphatic hydroxyl groups is 1. The van der Waals surface area contributed by atoms with Crippen LogP contribution in [0, 0.1) is 17.3 Å². The van der Waals surface area contributed by atoms with Gasteiger partial charge in [-0.15, -0.1) is 0 Å². The summed E-state index contributed by atoms with van der Waals surface area (Å²) in [6.07, 6.45) is 8.33. The summed E-state index contributed by atoms with van der Waals surface area (Å²) in [6, 6.07) is 8.43. The van der Waals surface area contributed by atoms with Crippen molar-refractivity contribution in [3.05, 3.63) is 54.6 Å². The third-order valence-corrected chi connectivity index (χ3v) is 8.66. The first-order valence-electron chi connectivity index (χ1n) is 13.9. The van der Waals surface area contributed by atoms with Gasteiger partial charge in [-0.3, -0.25) is 14.4 Å². The SMILES string of the molecule is CC(C)(C)CC(C)(C)N1CC=C[C@]23O[C@]4(C)C=CCN(c5ccccc5)C(=O)[C@@H]4[C@H]2C(=O)N(CCO)C3C1=O. The van der Waals surface area contributed by atoms with Crippen LogP contribution in [0.2, 0.25) is 0 Å². The number of anilines is 1. The van der Waals surface area contributed by atoms with Gasteiger partial charge in [0.25, 0.3) is 0 Å². The van der Waals surface area contributed by atoms with E-state index in [4.69, 9.17) is 4.74 Å². The largest absolute Gasteiger partial charge is 0.395 e. The fraction of sp³-hybridized carbons (Fsp3) is 0.581. The minimum absolute atomic E-state index is 0.00586. The lowest BCUT2D eigenvalue weighted by atomic mass is 9.74. The molecule has 2 fully saturated rings. The van der Waals surface area contributed by atoms with Gasteiger partial charge in [0.2, 0.25) is 17.7 Å². The van der Waals surface area contributed by atoms with Crippen LogP contribution in [0.1, 0.15) is 48.0 Å². The Hall–Kier alpha value is -2.97. The highest BCUT2D eigenvalue weighted by atomic mass is 16.5. The Morgan fingerprint density at radius 2 is 1.59 bits per heavy atom. The lowest BCUT2D eigenvalue weighted by Crippen LogP contribution is -2.60. The third-order valence-electron chi connectivity index (χ3n) is 8.66. The molecule has 3 amide bonds. The molecule has 1 unspecified atom stereocenters. The van der Waals surface area contributed by atoms with E-state index in [1.54, 1.807) is 4.90 Å². The number of benzene rings is 1. The first-order valence-corrected chi connectivity index (χ1v) is 13.9. The topological polar surface area (TPSA) is 90.4 Å². The zero-order valence-electron chi connectivity index (χ0n) is 23.9. The molecule has 5 rings (SSSR count). The quantitative estimate of drug-likeness (QED) is 0.585. The summed E-state index contributed by atoms with van der Waals surface area (Å²) < 4.78 is 6.85. The number of hydrogen-bond acceptors (Lipinski definition) is 5. The van der Waals surface area contributed by atoms with Crippen LogP contribution >= 0.6 is 0 Å². The molecule has 1 aromatic carbocycles. The van der Waals surface area contributed by atoms with Gasteiger partial charge in [-0.05, 0) is 44.7 Å². The predicted molar refractivity (Wildman–Crippen MR) is 149 cm³/mol. The number of nitrogens with zero attached hydrogens (tertiary/aromatic N) is 3. The molecule has 0 radical (unpaired) electrons. The summed E-state index contributed by atoms with van der Waals surface area (Å²) in [6.45, 7) is 12.8.